The summed E-state index contributed by atoms with van der Waals surface area (Å²) in [7, 11) is 3.97. The van der Waals surface area contributed by atoms with Gasteiger partial charge in [-0.05, 0) is 60.8 Å². The van der Waals surface area contributed by atoms with Crippen molar-refractivity contribution in [3.8, 4) is 5.75 Å². The van der Waals surface area contributed by atoms with Crippen LogP contribution in [0.15, 0.2) is 41.1 Å². The Labute approximate surface area is 145 Å². The van der Waals surface area contributed by atoms with E-state index < -0.39 is 0 Å². The Morgan fingerprint density at radius 1 is 1.25 bits per heavy atom. The molecule has 130 valence electrons. The number of nitrogens with one attached hydrogen (secondary N) is 2. The van der Waals surface area contributed by atoms with Crippen LogP contribution in [0, 0.1) is 5.82 Å². The maximum Gasteiger partial charge on any atom is 0.314 e. The average Bonchev–Trinajstić information content (AvgIpc) is 3.07. The zero-order valence-corrected chi connectivity index (χ0v) is 14.6. The van der Waals surface area contributed by atoms with Crippen LogP contribution in [0.25, 0.3) is 0 Å². The minimum atomic E-state index is -0.305. The number of likely N-dealkylation sites (N-methyl/N-ethyl adjacent to an activating group) is 1. The first kappa shape index (κ1) is 18.2. The molecule has 2 rings (SSSR count). The third-order valence-electron chi connectivity index (χ3n) is 3.48. The topological polar surface area (TPSA) is 53.6 Å². The zero-order chi connectivity index (χ0) is 17.4. The second-order valence-corrected chi connectivity index (χ2v) is 6.26. The summed E-state index contributed by atoms with van der Waals surface area (Å²) in [5.41, 5.74) is 1.19. The van der Waals surface area contributed by atoms with E-state index in [9.17, 15) is 9.18 Å². The van der Waals surface area contributed by atoms with E-state index in [4.69, 9.17) is 4.74 Å². The van der Waals surface area contributed by atoms with E-state index in [1.54, 1.807) is 23.5 Å². The number of ether oxygens (including phenoxy) is 1. The number of benzene rings is 1. The lowest BCUT2D eigenvalue weighted by atomic mass is 10.1. The molecule has 0 saturated carbocycles. The van der Waals surface area contributed by atoms with Crippen LogP contribution in [-0.2, 0) is 0 Å². The fourth-order valence-corrected chi connectivity index (χ4v) is 2.89. The third kappa shape index (κ3) is 5.82. The van der Waals surface area contributed by atoms with E-state index in [1.165, 1.54) is 17.7 Å². The van der Waals surface area contributed by atoms with Gasteiger partial charge in [-0.25, -0.2) is 9.18 Å². The molecular formula is C17H22FN3O2S. The molecule has 0 spiro atoms. The van der Waals surface area contributed by atoms with Crippen LogP contribution in [-0.4, -0.2) is 44.7 Å². The number of amides is 2. The summed E-state index contributed by atoms with van der Waals surface area (Å²) in [6, 6.07) is 7.74. The van der Waals surface area contributed by atoms with Crippen molar-refractivity contribution in [1.82, 2.24) is 15.5 Å². The highest BCUT2D eigenvalue weighted by Gasteiger charge is 2.15. The summed E-state index contributed by atoms with van der Waals surface area (Å²) in [5, 5.41) is 9.72. The SMILES string of the molecule is CN(C)C(CNC(=O)NCCOc1ccc(F)cc1)c1ccsc1. The fourth-order valence-electron chi connectivity index (χ4n) is 2.18. The highest BCUT2D eigenvalue weighted by Crippen LogP contribution is 2.19. The summed E-state index contributed by atoms with van der Waals surface area (Å²) < 4.78 is 18.2. The Bertz CT molecular complexity index is 617. The maximum absolute atomic E-state index is 12.8. The molecule has 0 aliphatic carbocycles. The monoisotopic (exact) mass is 351 g/mol. The number of urea groups is 1. The average molecular weight is 351 g/mol. The van der Waals surface area contributed by atoms with Crippen LogP contribution < -0.4 is 15.4 Å². The smallest absolute Gasteiger partial charge is 0.314 e. The van der Waals surface area contributed by atoms with E-state index in [2.05, 4.69) is 27.0 Å². The molecule has 7 heteroatoms. The van der Waals surface area contributed by atoms with Crippen molar-refractivity contribution in [2.24, 2.45) is 0 Å². The van der Waals surface area contributed by atoms with Gasteiger partial charge in [0.25, 0.3) is 0 Å². The van der Waals surface area contributed by atoms with Gasteiger partial charge in [0.05, 0.1) is 12.6 Å². The van der Waals surface area contributed by atoms with Gasteiger partial charge in [0.15, 0.2) is 0 Å². The molecule has 0 aliphatic rings. The fraction of sp³-hybridized carbons (Fsp3) is 0.353. The van der Waals surface area contributed by atoms with Crippen LogP contribution in [0.3, 0.4) is 0 Å². The van der Waals surface area contributed by atoms with E-state index in [-0.39, 0.29) is 17.9 Å². The van der Waals surface area contributed by atoms with E-state index in [0.717, 1.165) is 0 Å². The van der Waals surface area contributed by atoms with E-state index >= 15 is 0 Å². The molecule has 1 aromatic heterocycles. The second kappa shape index (κ2) is 9.24. The molecule has 1 unspecified atom stereocenters. The Kier molecular flexibility index (Phi) is 7.02. The van der Waals surface area contributed by atoms with E-state index in [0.29, 0.717) is 25.4 Å². The number of thiophene rings is 1. The zero-order valence-electron chi connectivity index (χ0n) is 13.8. The highest BCUT2D eigenvalue weighted by molar-refractivity contribution is 7.07. The van der Waals surface area contributed by atoms with Gasteiger partial charge in [0.1, 0.15) is 18.2 Å². The highest BCUT2D eigenvalue weighted by atomic mass is 32.1. The van der Waals surface area contributed by atoms with Crippen molar-refractivity contribution in [2.75, 3.05) is 33.8 Å². The number of nitrogens with zero attached hydrogens (tertiary/aromatic N) is 1. The summed E-state index contributed by atoms with van der Waals surface area (Å²) in [5.74, 6) is 0.268. The Balaban J connectivity index is 1.66. The number of halogens is 1. The van der Waals surface area contributed by atoms with Gasteiger partial charge in [-0.1, -0.05) is 0 Å². The molecule has 2 aromatic rings. The van der Waals surface area contributed by atoms with Crippen LogP contribution in [0.1, 0.15) is 11.6 Å². The maximum atomic E-state index is 12.8. The lowest BCUT2D eigenvalue weighted by Gasteiger charge is -2.24. The molecule has 0 saturated heterocycles. The van der Waals surface area contributed by atoms with Gasteiger partial charge < -0.3 is 20.3 Å². The van der Waals surface area contributed by atoms with Gasteiger partial charge in [-0.15, -0.1) is 0 Å². The van der Waals surface area contributed by atoms with Crippen molar-refractivity contribution in [3.05, 3.63) is 52.5 Å². The predicted molar refractivity (Wildman–Crippen MR) is 94.0 cm³/mol. The van der Waals surface area contributed by atoms with Crippen LogP contribution in [0.4, 0.5) is 9.18 Å². The lowest BCUT2D eigenvalue weighted by molar-refractivity contribution is 0.229. The lowest BCUT2D eigenvalue weighted by Crippen LogP contribution is -2.41. The Hall–Kier alpha value is -2.12. The van der Waals surface area contributed by atoms with Crippen LogP contribution >= 0.6 is 11.3 Å². The van der Waals surface area contributed by atoms with Crippen molar-refractivity contribution < 1.29 is 13.9 Å². The van der Waals surface area contributed by atoms with Crippen molar-refractivity contribution in [2.45, 2.75) is 6.04 Å². The van der Waals surface area contributed by atoms with Crippen molar-refractivity contribution in [3.63, 3.8) is 0 Å². The number of carbonyl (C=O) groups is 1. The molecule has 1 aromatic carbocycles. The molecule has 1 heterocycles. The summed E-state index contributed by atoms with van der Waals surface area (Å²) in [6.45, 7) is 1.21. The van der Waals surface area contributed by atoms with Crippen molar-refractivity contribution in [1.29, 1.82) is 0 Å². The molecule has 1 atom stereocenters. The first-order valence-corrected chi connectivity index (χ1v) is 8.59. The molecule has 2 amide bonds. The number of hydrogen-bond donors (Lipinski definition) is 2. The van der Waals surface area contributed by atoms with E-state index in [1.807, 2.05) is 19.5 Å². The first-order valence-electron chi connectivity index (χ1n) is 7.65. The first-order chi connectivity index (χ1) is 11.6. The van der Waals surface area contributed by atoms with Gasteiger partial charge >= 0.3 is 6.03 Å². The van der Waals surface area contributed by atoms with Crippen molar-refractivity contribution >= 4 is 17.4 Å². The molecule has 5 nitrogen and oxygen atoms in total. The molecule has 2 N–H and O–H groups in total. The second-order valence-electron chi connectivity index (χ2n) is 5.48. The van der Waals surface area contributed by atoms with Crippen LogP contribution in [0.2, 0.25) is 0 Å². The number of rotatable bonds is 8. The minimum absolute atomic E-state index is 0.137. The summed E-state index contributed by atoms with van der Waals surface area (Å²) in [4.78, 5) is 13.9. The van der Waals surface area contributed by atoms with Crippen LogP contribution in [0.5, 0.6) is 5.75 Å². The normalized spacial score (nSPS) is 12.0. The molecule has 0 radical (unpaired) electrons. The molecule has 24 heavy (non-hydrogen) atoms. The van der Waals surface area contributed by atoms with Gasteiger partial charge in [-0.2, -0.15) is 11.3 Å². The molecule has 0 bridgehead atoms. The molecular weight excluding hydrogens is 329 g/mol. The number of carbonyl (C=O) groups excluding carboxylic acids is 1. The summed E-state index contributed by atoms with van der Waals surface area (Å²) in [6.07, 6.45) is 0. The number of hydrogen-bond acceptors (Lipinski definition) is 4. The Morgan fingerprint density at radius 2 is 2.00 bits per heavy atom. The third-order valence-corrected chi connectivity index (χ3v) is 4.18. The van der Waals surface area contributed by atoms with Gasteiger partial charge in [0, 0.05) is 6.54 Å². The Morgan fingerprint density at radius 3 is 2.62 bits per heavy atom. The quantitative estimate of drug-likeness (QED) is 0.719. The van der Waals surface area contributed by atoms with Gasteiger partial charge in [-0.3, -0.25) is 0 Å². The summed E-state index contributed by atoms with van der Waals surface area (Å²) >= 11 is 1.64. The predicted octanol–water partition coefficient (Wildman–Crippen LogP) is 2.87. The van der Waals surface area contributed by atoms with Gasteiger partial charge in [0.2, 0.25) is 0 Å². The largest absolute Gasteiger partial charge is 0.492 e. The molecule has 0 fully saturated rings. The molecule has 0 aliphatic heterocycles. The standard InChI is InChI=1S/C17H22FN3O2S/c1-21(2)16(13-7-10-24-12-13)11-20-17(22)19-8-9-23-15-5-3-14(18)4-6-15/h3-7,10,12,16H,8-9,11H2,1-2H3,(H2,19,20,22). The minimum Gasteiger partial charge on any atom is -0.492 e.